The van der Waals surface area contributed by atoms with E-state index in [1.54, 1.807) is 6.92 Å². The Morgan fingerprint density at radius 1 is 1.17 bits per heavy atom. The Labute approximate surface area is 133 Å². The first-order chi connectivity index (χ1) is 10.7. The molecule has 1 heterocycles. The van der Waals surface area contributed by atoms with Crippen LogP contribution in [0.15, 0.2) is 28.8 Å². The number of carbonyl (C=O) groups is 2. The molecule has 1 aromatic carbocycles. The molecule has 0 saturated heterocycles. The third kappa shape index (κ3) is 3.94. The lowest BCUT2D eigenvalue weighted by Crippen LogP contribution is -2.27. The van der Waals surface area contributed by atoms with E-state index in [1.165, 1.54) is 24.3 Å². The highest BCUT2D eigenvalue weighted by Crippen LogP contribution is 2.20. The number of benzene rings is 1. The first-order valence-electron chi connectivity index (χ1n) is 7.17. The molecule has 0 aliphatic heterocycles. The highest BCUT2D eigenvalue weighted by molar-refractivity contribution is 5.96. The van der Waals surface area contributed by atoms with Gasteiger partial charge in [0.15, 0.2) is 5.82 Å². The molecule has 1 unspecified atom stereocenters. The van der Waals surface area contributed by atoms with Gasteiger partial charge in [0, 0.05) is 11.0 Å². The Morgan fingerprint density at radius 3 is 2.22 bits per heavy atom. The van der Waals surface area contributed by atoms with Gasteiger partial charge in [-0.2, -0.15) is 4.98 Å². The first-order valence-corrected chi connectivity index (χ1v) is 7.17. The highest BCUT2D eigenvalue weighted by Gasteiger charge is 2.24. The van der Waals surface area contributed by atoms with Crippen LogP contribution in [0.1, 0.15) is 66.2 Å². The van der Waals surface area contributed by atoms with Crippen molar-refractivity contribution in [3.63, 3.8) is 0 Å². The Morgan fingerprint density at radius 2 is 1.74 bits per heavy atom. The summed E-state index contributed by atoms with van der Waals surface area (Å²) in [7, 11) is 0. The van der Waals surface area contributed by atoms with Gasteiger partial charge in [-0.1, -0.05) is 25.9 Å². The van der Waals surface area contributed by atoms with Crippen LogP contribution in [0, 0.1) is 0 Å². The summed E-state index contributed by atoms with van der Waals surface area (Å²) in [5.74, 6) is -0.485. The zero-order valence-electron chi connectivity index (χ0n) is 13.5. The fourth-order valence-corrected chi connectivity index (χ4v) is 1.82. The van der Waals surface area contributed by atoms with Gasteiger partial charge in [0.1, 0.15) is 6.04 Å². The van der Waals surface area contributed by atoms with Crippen LogP contribution in [-0.2, 0) is 5.41 Å². The molecule has 2 rings (SSSR count). The number of nitrogens with one attached hydrogen (secondary N) is 1. The number of carboxylic acids is 1. The van der Waals surface area contributed by atoms with Gasteiger partial charge in [0.05, 0.1) is 5.56 Å². The van der Waals surface area contributed by atoms with Gasteiger partial charge in [-0.15, -0.1) is 0 Å². The second-order valence-corrected chi connectivity index (χ2v) is 6.28. The molecule has 0 spiro atoms. The van der Waals surface area contributed by atoms with E-state index in [-0.39, 0.29) is 16.9 Å². The van der Waals surface area contributed by atoms with Crippen molar-refractivity contribution in [3.05, 3.63) is 47.1 Å². The molecule has 0 fully saturated rings. The number of aromatic nitrogens is 2. The number of hydrogen-bond acceptors (Lipinski definition) is 5. The van der Waals surface area contributed by atoms with Crippen molar-refractivity contribution >= 4 is 11.9 Å². The largest absolute Gasteiger partial charge is 0.478 e. The molecule has 7 nitrogen and oxygen atoms in total. The van der Waals surface area contributed by atoms with Gasteiger partial charge in [0.2, 0.25) is 5.89 Å². The van der Waals surface area contributed by atoms with Gasteiger partial charge in [0.25, 0.3) is 5.91 Å². The van der Waals surface area contributed by atoms with Gasteiger partial charge >= 0.3 is 5.97 Å². The minimum Gasteiger partial charge on any atom is -0.478 e. The number of carbonyl (C=O) groups excluding carboxylic acids is 1. The van der Waals surface area contributed by atoms with E-state index in [4.69, 9.17) is 9.63 Å². The maximum atomic E-state index is 12.2. The number of aromatic carboxylic acids is 1. The molecule has 0 aliphatic carbocycles. The van der Waals surface area contributed by atoms with E-state index in [1.807, 2.05) is 20.8 Å². The Kier molecular flexibility index (Phi) is 4.49. The summed E-state index contributed by atoms with van der Waals surface area (Å²) in [6, 6.07) is 5.23. The van der Waals surface area contributed by atoms with Crippen LogP contribution in [0.3, 0.4) is 0 Å². The van der Waals surface area contributed by atoms with Crippen LogP contribution in [0.25, 0.3) is 0 Å². The summed E-state index contributed by atoms with van der Waals surface area (Å²) in [6.45, 7) is 7.64. The summed E-state index contributed by atoms with van der Waals surface area (Å²) >= 11 is 0. The van der Waals surface area contributed by atoms with E-state index in [0.29, 0.717) is 17.3 Å². The zero-order chi connectivity index (χ0) is 17.2. The van der Waals surface area contributed by atoms with Crippen molar-refractivity contribution in [1.82, 2.24) is 15.5 Å². The zero-order valence-corrected chi connectivity index (χ0v) is 13.5. The highest BCUT2D eigenvalue weighted by atomic mass is 16.5. The van der Waals surface area contributed by atoms with Crippen molar-refractivity contribution < 1.29 is 19.2 Å². The third-order valence-electron chi connectivity index (χ3n) is 3.22. The number of carboxylic acid groups (broad SMARTS) is 1. The molecule has 2 aromatic rings. The average Bonchev–Trinajstić information content (AvgIpc) is 2.97. The molecular weight excluding hydrogens is 298 g/mol. The fourth-order valence-electron chi connectivity index (χ4n) is 1.82. The predicted molar refractivity (Wildman–Crippen MR) is 82.3 cm³/mol. The third-order valence-corrected chi connectivity index (χ3v) is 3.22. The summed E-state index contributed by atoms with van der Waals surface area (Å²) in [4.78, 5) is 27.3. The van der Waals surface area contributed by atoms with Crippen LogP contribution in [0.4, 0.5) is 0 Å². The van der Waals surface area contributed by atoms with E-state index in [0.717, 1.165) is 0 Å². The van der Waals surface area contributed by atoms with E-state index in [2.05, 4.69) is 15.5 Å². The number of rotatable bonds is 4. The van der Waals surface area contributed by atoms with Crippen LogP contribution in [0.5, 0.6) is 0 Å². The first kappa shape index (κ1) is 16.7. The van der Waals surface area contributed by atoms with Gasteiger partial charge < -0.3 is 14.9 Å². The van der Waals surface area contributed by atoms with Crippen molar-refractivity contribution in [2.24, 2.45) is 0 Å². The number of amides is 1. The second-order valence-electron chi connectivity index (χ2n) is 6.28. The predicted octanol–water partition coefficient (Wildman–Crippen LogP) is 2.56. The lowest BCUT2D eigenvalue weighted by atomic mass is 9.96. The maximum absolute atomic E-state index is 12.2. The minimum atomic E-state index is -1.04. The topological polar surface area (TPSA) is 105 Å². The Bertz CT molecular complexity index is 714. The van der Waals surface area contributed by atoms with Crippen molar-refractivity contribution in [2.45, 2.75) is 39.2 Å². The maximum Gasteiger partial charge on any atom is 0.335 e. The van der Waals surface area contributed by atoms with E-state index < -0.39 is 12.0 Å². The SMILES string of the molecule is CC(NC(=O)c1ccc(C(=O)O)cc1)c1nc(C(C)(C)C)no1. The smallest absolute Gasteiger partial charge is 0.335 e. The molecule has 1 atom stereocenters. The molecule has 7 heteroatoms. The Hall–Kier alpha value is -2.70. The molecular formula is C16H19N3O4. The molecule has 2 N–H and O–H groups in total. The molecule has 23 heavy (non-hydrogen) atoms. The average molecular weight is 317 g/mol. The normalized spacial score (nSPS) is 12.7. The van der Waals surface area contributed by atoms with Crippen molar-refractivity contribution in [2.75, 3.05) is 0 Å². The summed E-state index contributed by atoms with van der Waals surface area (Å²) in [5, 5.41) is 15.5. The van der Waals surface area contributed by atoms with Gasteiger partial charge in [-0.3, -0.25) is 4.79 Å². The molecule has 1 aromatic heterocycles. The lowest BCUT2D eigenvalue weighted by Gasteiger charge is -2.12. The van der Waals surface area contributed by atoms with Crippen LogP contribution in [0.2, 0.25) is 0 Å². The summed E-state index contributed by atoms with van der Waals surface area (Å²) in [6.07, 6.45) is 0. The standard InChI is InChI=1S/C16H19N3O4/c1-9(13-18-15(19-23-13)16(2,3)4)17-12(20)10-5-7-11(8-6-10)14(21)22/h5-9H,1-4H3,(H,17,20)(H,21,22). The molecule has 0 radical (unpaired) electrons. The molecule has 0 saturated carbocycles. The number of nitrogens with zero attached hydrogens (tertiary/aromatic N) is 2. The van der Waals surface area contributed by atoms with E-state index >= 15 is 0 Å². The summed E-state index contributed by atoms with van der Waals surface area (Å²) in [5.41, 5.74) is 0.247. The van der Waals surface area contributed by atoms with Crippen LogP contribution in [-0.4, -0.2) is 27.1 Å². The molecule has 122 valence electrons. The van der Waals surface area contributed by atoms with E-state index in [9.17, 15) is 9.59 Å². The molecule has 0 bridgehead atoms. The lowest BCUT2D eigenvalue weighted by molar-refractivity contribution is 0.0696. The van der Waals surface area contributed by atoms with Crippen molar-refractivity contribution in [1.29, 1.82) is 0 Å². The minimum absolute atomic E-state index is 0.126. The quantitative estimate of drug-likeness (QED) is 0.897. The Balaban J connectivity index is 2.07. The molecule has 0 aliphatic rings. The van der Waals surface area contributed by atoms with Crippen LogP contribution >= 0.6 is 0 Å². The fraction of sp³-hybridized carbons (Fsp3) is 0.375. The number of hydrogen-bond donors (Lipinski definition) is 2. The van der Waals surface area contributed by atoms with Gasteiger partial charge in [-0.05, 0) is 31.2 Å². The van der Waals surface area contributed by atoms with Crippen molar-refractivity contribution in [3.8, 4) is 0 Å². The van der Waals surface area contributed by atoms with Gasteiger partial charge in [-0.25, -0.2) is 4.79 Å². The second kappa shape index (κ2) is 6.20. The molecule has 1 amide bonds. The monoisotopic (exact) mass is 317 g/mol. The summed E-state index contributed by atoms with van der Waals surface area (Å²) < 4.78 is 5.19. The van der Waals surface area contributed by atoms with Crippen LogP contribution < -0.4 is 5.32 Å².